The van der Waals surface area contributed by atoms with E-state index in [2.05, 4.69) is 39.0 Å². The topological polar surface area (TPSA) is 67.1 Å². The summed E-state index contributed by atoms with van der Waals surface area (Å²) in [4.78, 5) is 4.64. The number of hydrogen-bond donors (Lipinski definition) is 2. The van der Waals surface area contributed by atoms with Crippen molar-refractivity contribution in [3.63, 3.8) is 0 Å². The summed E-state index contributed by atoms with van der Waals surface area (Å²) in [5.74, 6) is 4.62. The van der Waals surface area contributed by atoms with Gasteiger partial charge in [-0.3, -0.25) is 0 Å². The Morgan fingerprint density at radius 3 is 2.81 bits per heavy atom. The van der Waals surface area contributed by atoms with Crippen LogP contribution in [0.3, 0.4) is 0 Å². The smallest absolute Gasteiger partial charge is 0.191 e. The van der Waals surface area contributed by atoms with Crippen LogP contribution in [0.15, 0.2) is 4.99 Å². The van der Waals surface area contributed by atoms with E-state index in [0.29, 0.717) is 12.6 Å². The molecule has 1 heterocycles. The molecule has 2 unspecified atom stereocenters. The summed E-state index contributed by atoms with van der Waals surface area (Å²) in [6.07, 6.45) is 4.51. The maximum atomic E-state index is 4.64. The Balaban J connectivity index is 1.89. The highest BCUT2D eigenvalue weighted by molar-refractivity contribution is 7.98. The van der Waals surface area contributed by atoms with Crippen LogP contribution in [-0.2, 0) is 13.6 Å². The van der Waals surface area contributed by atoms with Crippen LogP contribution in [0.25, 0.3) is 0 Å². The van der Waals surface area contributed by atoms with E-state index in [1.807, 2.05) is 30.3 Å². The molecule has 1 saturated carbocycles. The summed E-state index contributed by atoms with van der Waals surface area (Å²) in [6.45, 7) is 5.71. The van der Waals surface area contributed by atoms with Gasteiger partial charge in [0.2, 0.25) is 0 Å². The van der Waals surface area contributed by atoms with Crippen LogP contribution < -0.4 is 10.6 Å². The molecule has 21 heavy (non-hydrogen) atoms. The van der Waals surface area contributed by atoms with E-state index < -0.39 is 0 Å². The fraction of sp³-hybridized carbons (Fsp3) is 0.786. The van der Waals surface area contributed by atoms with E-state index in [1.165, 1.54) is 12.2 Å². The molecule has 1 fully saturated rings. The van der Waals surface area contributed by atoms with E-state index in [9.17, 15) is 0 Å². The molecule has 0 radical (unpaired) electrons. The highest BCUT2D eigenvalue weighted by atomic mass is 32.2. The van der Waals surface area contributed by atoms with Crippen molar-refractivity contribution in [1.82, 2.24) is 25.4 Å². The monoisotopic (exact) mass is 310 g/mol. The SMILES string of the molecule is CSCCCNC(=NCc1nnc(C)n1C)NC1CC1C. The van der Waals surface area contributed by atoms with E-state index in [-0.39, 0.29) is 0 Å². The average molecular weight is 310 g/mol. The first-order chi connectivity index (χ1) is 10.1. The lowest BCUT2D eigenvalue weighted by Crippen LogP contribution is -2.39. The Kier molecular flexibility index (Phi) is 5.90. The predicted octanol–water partition coefficient (Wildman–Crippen LogP) is 1.32. The molecule has 0 bridgehead atoms. The van der Waals surface area contributed by atoms with Gasteiger partial charge in [-0.25, -0.2) is 4.99 Å². The van der Waals surface area contributed by atoms with Crippen molar-refractivity contribution < 1.29 is 0 Å². The molecule has 2 atom stereocenters. The maximum absolute atomic E-state index is 4.64. The maximum Gasteiger partial charge on any atom is 0.191 e. The van der Waals surface area contributed by atoms with Gasteiger partial charge in [0.05, 0.1) is 0 Å². The Hall–Kier alpha value is -1.24. The van der Waals surface area contributed by atoms with Crippen LogP contribution in [0.2, 0.25) is 0 Å². The minimum atomic E-state index is 0.552. The quantitative estimate of drug-likeness (QED) is 0.452. The summed E-state index contributed by atoms with van der Waals surface area (Å²) in [6, 6.07) is 0.568. The third kappa shape index (κ3) is 4.91. The molecule has 0 aromatic carbocycles. The van der Waals surface area contributed by atoms with Gasteiger partial charge >= 0.3 is 0 Å². The number of guanidine groups is 1. The number of nitrogens with zero attached hydrogens (tertiary/aromatic N) is 4. The molecule has 1 aliphatic rings. The molecule has 1 aromatic rings. The van der Waals surface area contributed by atoms with Gasteiger partial charge in [-0.05, 0) is 37.7 Å². The second-order valence-electron chi connectivity index (χ2n) is 5.62. The predicted molar refractivity (Wildman–Crippen MR) is 88.6 cm³/mol. The summed E-state index contributed by atoms with van der Waals surface area (Å²) in [5, 5.41) is 15.1. The van der Waals surface area contributed by atoms with Crippen LogP contribution in [0.1, 0.15) is 31.4 Å². The minimum Gasteiger partial charge on any atom is -0.356 e. The average Bonchev–Trinajstić information content (AvgIpc) is 3.07. The molecule has 0 aliphatic heterocycles. The van der Waals surface area contributed by atoms with Crippen LogP contribution in [0, 0.1) is 12.8 Å². The van der Waals surface area contributed by atoms with Crippen LogP contribution in [0.4, 0.5) is 0 Å². The standard InChI is InChI=1S/C14H26N6S/c1-10-8-12(10)17-14(15-6-5-7-21-4)16-9-13-19-18-11(2)20(13)3/h10,12H,5-9H2,1-4H3,(H2,15,16,17). The number of aryl methyl sites for hydroxylation is 1. The lowest BCUT2D eigenvalue weighted by Gasteiger charge is -2.12. The van der Waals surface area contributed by atoms with E-state index in [0.717, 1.165) is 36.5 Å². The first kappa shape index (κ1) is 16.1. The van der Waals surface area contributed by atoms with Crippen molar-refractivity contribution in [1.29, 1.82) is 0 Å². The van der Waals surface area contributed by atoms with Crippen molar-refractivity contribution in [3.8, 4) is 0 Å². The van der Waals surface area contributed by atoms with Gasteiger partial charge in [0.25, 0.3) is 0 Å². The summed E-state index contributed by atoms with van der Waals surface area (Å²) in [7, 11) is 1.97. The van der Waals surface area contributed by atoms with Gasteiger partial charge in [-0.1, -0.05) is 6.92 Å². The van der Waals surface area contributed by atoms with Crippen LogP contribution in [0.5, 0.6) is 0 Å². The van der Waals surface area contributed by atoms with Crippen molar-refractivity contribution in [2.45, 2.75) is 39.3 Å². The molecule has 2 rings (SSSR count). The van der Waals surface area contributed by atoms with E-state index in [4.69, 9.17) is 0 Å². The second kappa shape index (κ2) is 7.68. The molecule has 7 heteroatoms. The Morgan fingerprint density at radius 2 is 2.24 bits per heavy atom. The number of nitrogens with one attached hydrogen (secondary N) is 2. The highest BCUT2D eigenvalue weighted by Gasteiger charge is 2.33. The molecule has 0 saturated heterocycles. The zero-order valence-electron chi connectivity index (χ0n) is 13.4. The fourth-order valence-electron chi connectivity index (χ4n) is 2.01. The van der Waals surface area contributed by atoms with Gasteiger partial charge in [0.1, 0.15) is 12.4 Å². The molecule has 0 spiro atoms. The van der Waals surface area contributed by atoms with Gasteiger partial charge in [-0.2, -0.15) is 11.8 Å². The molecular formula is C14H26N6S. The Morgan fingerprint density at radius 1 is 1.48 bits per heavy atom. The molecule has 118 valence electrons. The Bertz CT molecular complexity index is 484. The summed E-state index contributed by atoms with van der Waals surface area (Å²) < 4.78 is 1.98. The molecule has 1 aromatic heterocycles. The number of aliphatic imine (C=N–C) groups is 1. The number of hydrogen-bond acceptors (Lipinski definition) is 4. The molecule has 0 amide bonds. The molecule has 2 N–H and O–H groups in total. The number of rotatable bonds is 7. The molecule has 6 nitrogen and oxygen atoms in total. The van der Waals surface area contributed by atoms with Crippen molar-refractivity contribution in [2.75, 3.05) is 18.6 Å². The third-order valence-electron chi connectivity index (χ3n) is 3.81. The van der Waals surface area contributed by atoms with Crippen LogP contribution in [-0.4, -0.2) is 45.3 Å². The normalized spacial score (nSPS) is 21.4. The van der Waals surface area contributed by atoms with Crippen molar-refractivity contribution in [2.24, 2.45) is 18.0 Å². The van der Waals surface area contributed by atoms with Gasteiger partial charge in [0, 0.05) is 19.6 Å². The lowest BCUT2D eigenvalue weighted by molar-refractivity contribution is 0.729. The van der Waals surface area contributed by atoms with Gasteiger partial charge in [-0.15, -0.1) is 10.2 Å². The van der Waals surface area contributed by atoms with Crippen molar-refractivity contribution in [3.05, 3.63) is 11.6 Å². The zero-order chi connectivity index (χ0) is 15.2. The largest absolute Gasteiger partial charge is 0.356 e. The van der Waals surface area contributed by atoms with Gasteiger partial charge < -0.3 is 15.2 Å². The molecular weight excluding hydrogens is 284 g/mol. The summed E-state index contributed by atoms with van der Waals surface area (Å²) >= 11 is 1.87. The first-order valence-corrected chi connectivity index (χ1v) is 8.90. The van der Waals surface area contributed by atoms with E-state index in [1.54, 1.807) is 0 Å². The summed E-state index contributed by atoms with van der Waals surface area (Å²) in [5.41, 5.74) is 0. The second-order valence-corrected chi connectivity index (χ2v) is 6.61. The van der Waals surface area contributed by atoms with Crippen LogP contribution >= 0.6 is 11.8 Å². The lowest BCUT2D eigenvalue weighted by atomic mass is 10.4. The fourth-order valence-corrected chi connectivity index (χ4v) is 2.45. The molecule has 1 aliphatic carbocycles. The first-order valence-electron chi connectivity index (χ1n) is 7.50. The Labute approximate surface area is 131 Å². The van der Waals surface area contributed by atoms with E-state index >= 15 is 0 Å². The highest BCUT2D eigenvalue weighted by Crippen LogP contribution is 2.28. The number of aromatic nitrogens is 3. The third-order valence-corrected chi connectivity index (χ3v) is 4.51. The number of thioether (sulfide) groups is 1. The zero-order valence-corrected chi connectivity index (χ0v) is 14.2. The minimum absolute atomic E-state index is 0.552. The van der Waals surface area contributed by atoms with Crippen molar-refractivity contribution >= 4 is 17.7 Å². The van der Waals surface area contributed by atoms with Gasteiger partial charge in [0.15, 0.2) is 11.8 Å².